The molecule has 2 aromatic rings. The van der Waals surface area contributed by atoms with Gasteiger partial charge in [-0.05, 0) is 48.4 Å². The Morgan fingerprint density at radius 1 is 1.33 bits per heavy atom. The fourth-order valence-corrected chi connectivity index (χ4v) is 2.89. The average Bonchev–Trinajstić information content (AvgIpc) is 2.43. The number of halogens is 3. The van der Waals surface area contributed by atoms with Crippen LogP contribution in [-0.2, 0) is 6.42 Å². The summed E-state index contributed by atoms with van der Waals surface area (Å²) < 4.78 is 19.5. The van der Waals surface area contributed by atoms with Gasteiger partial charge in [-0.3, -0.25) is 11.3 Å². The van der Waals surface area contributed by atoms with E-state index < -0.39 is 0 Å². The smallest absolute Gasteiger partial charge is 0.124 e. The van der Waals surface area contributed by atoms with Crippen LogP contribution in [0.15, 0.2) is 40.9 Å². The molecule has 0 saturated carbocycles. The van der Waals surface area contributed by atoms with E-state index in [4.69, 9.17) is 22.2 Å². The maximum atomic E-state index is 13.5. The van der Waals surface area contributed by atoms with Gasteiger partial charge in [-0.1, -0.05) is 27.5 Å². The number of rotatable bonds is 5. The lowest BCUT2D eigenvalue weighted by molar-refractivity contribution is 0.399. The minimum atomic E-state index is -0.298. The second kappa shape index (κ2) is 7.22. The van der Waals surface area contributed by atoms with Gasteiger partial charge in [0.05, 0.1) is 13.2 Å². The van der Waals surface area contributed by atoms with Crippen LogP contribution in [-0.4, -0.2) is 7.11 Å². The second-order valence-corrected chi connectivity index (χ2v) is 5.94. The Hall–Kier alpha value is -1.14. The van der Waals surface area contributed by atoms with Crippen molar-refractivity contribution in [2.24, 2.45) is 5.84 Å². The van der Waals surface area contributed by atoms with Gasteiger partial charge in [0.2, 0.25) is 0 Å². The van der Waals surface area contributed by atoms with E-state index >= 15 is 0 Å². The Balaban J connectivity index is 2.33. The summed E-state index contributed by atoms with van der Waals surface area (Å²) in [7, 11) is 1.58. The molecule has 0 aliphatic heterocycles. The van der Waals surface area contributed by atoms with Gasteiger partial charge in [0, 0.05) is 15.1 Å². The van der Waals surface area contributed by atoms with Gasteiger partial charge in [-0.15, -0.1) is 0 Å². The van der Waals surface area contributed by atoms with E-state index in [2.05, 4.69) is 21.4 Å². The molecule has 0 radical (unpaired) electrons. The number of hydrogen-bond acceptors (Lipinski definition) is 3. The Morgan fingerprint density at radius 2 is 2.10 bits per heavy atom. The van der Waals surface area contributed by atoms with Crippen molar-refractivity contribution in [3.8, 4) is 5.75 Å². The van der Waals surface area contributed by atoms with E-state index in [-0.39, 0.29) is 11.9 Å². The lowest BCUT2D eigenvalue weighted by atomic mass is 9.98. The molecule has 3 nitrogen and oxygen atoms in total. The maximum absolute atomic E-state index is 13.5. The van der Waals surface area contributed by atoms with E-state index in [0.717, 1.165) is 11.1 Å². The molecule has 1 unspecified atom stereocenters. The first-order valence-electron chi connectivity index (χ1n) is 6.28. The second-order valence-electron chi connectivity index (χ2n) is 4.59. The van der Waals surface area contributed by atoms with Crippen molar-refractivity contribution < 1.29 is 9.13 Å². The van der Waals surface area contributed by atoms with Crippen molar-refractivity contribution in [3.63, 3.8) is 0 Å². The van der Waals surface area contributed by atoms with Crippen LogP contribution in [0.4, 0.5) is 4.39 Å². The van der Waals surface area contributed by atoms with Crippen molar-refractivity contribution in [2.45, 2.75) is 12.5 Å². The van der Waals surface area contributed by atoms with Crippen LogP contribution < -0.4 is 16.0 Å². The van der Waals surface area contributed by atoms with Crippen LogP contribution in [0.5, 0.6) is 5.75 Å². The highest BCUT2D eigenvalue weighted by atomic mass is 79.9. The molecule has 6 heteroatoms. The van der Waals surface area contributed by atoms with Crippen molar-refractivity contribution >= 4 is 27.5 Å². The van der Waals surface area contributed by atoms with Gasteiger partial charge in [0.1, 0.15) is 11.6 Å². The normalized spacial score (nSPS) is 12.2. The summed E-state index contributed by atoms with van der Waals surface area (Å²) in [6.07, 6.45) is 0.504. The highest BCUT2D eigenvalue weighted by molar-refractivity contribution is 9.10. The molecule has 0 aliphatic rings. The number of ether oxygens (including phenoxy) is 1. The third kappa shape index (κ3) is 4.17. The van der Waals surface area contributed by atoms with Crippen LogP contribution in [0, 0.1) is 5.82 Å². The standard InChI is InChI=1S/C15H15BrClFN2O/c1-21-15-3-2-11(17)8-13(15)14(20-19)6-9-4-10(16)7-12(18)5-9/h2-5,7-8,14,20H,6,19H2,1H3. The van der Waals surface area contributed by atoms with E-state index in [1.54, 1.807) is 25.3 Å². The molecule has 0 spiro atoms. The van der Waals surface area contributed by atoms with Crippen LogP contribution in [0.3, 0.4) is 0 Å². The third-order valence-electron chi connectivity index (χ3n) is 3.13. The van der Waals surface area contributed by atoms with E-state index in [1.165, 1.54) is 12.1 Å². The first kappa shape index (κ1) is 16.2. The molecule has 0 aromatic heterocycles. The molecular formula is C15H15BrClFN2O. The van der Waals surface area contributed by atoms with Gasteiger partial charge >= 0.3 is 0 Å². The molecule has 0 amide bonds. The molecular weight excluding hydrogens is 359 g/mol. The molecule has 2 aromatic carbocycles. The fourth-order valence-electron chi connectivity index (χ4n) is 2.20. The zero-order valence-electron chi connectivity index (χ0n) is 11.4. The van der Waals surface area contributed by atoms with Crippen LogP contribution in [0.2, 0.25) is 5.02 Å². The molecule has 0 fully saturated rings. The van der Waals surface area contributed by atoms with Crippen LogP contribution in [0.25, 0.3) is 0 Å². The molecule has 0 bridgehead atoms. The van der Waals surface area contributed by atoms with Gasteiger partial charge in [0.25, 0.3) is 0 Å². The van der Waals surface area contributed by atoms with Gasteiger partial charge < -0.3 is 4.74 Å². The lowest BCUT2D eigenvalue weighted by Crippen LogP contribution is -2.30. The van der Waals surface area contributed by atoms with Crippen molar-refractivity contribution in [3.05, 3.63) is 62.8 Å². The Bertz CT molecular complexity index is 619. The third-order valence-corrected chi connectivity index (χ3v) is 3.82. The lowest BCUT2D eigenvalue weighted by Gasteiger charge is -2.19. The molecule has 0 heterocycles. The zero-order chi connectivity index (χ0) is 15.4. The Kier molecular flexibility index (Phi) is 5.58. The van der Waals surface area contributed by atoms with E-state index in [1.807, 2.05) is 6.07 Å². The number of hydrogen-bond donors (Lipinski definition) is 2. The minimum absolute atomic E-state index is 0.243. The zero-order valence-corrected chi connectivity index (χ0v) is 13.7. The van der Waals surface area contributed by atoms with Gasteiger partial charge in [0.15, 0.2) is 0 Å². The number of benzene rings is 2. The quantitative estimate of drug-likeness (QED) is 0.615. The molecule has 0 aliphatic carbocycles. The highest BCUT2D eigenvalue weighted by Gasteiger charge is 2.16. The summed E-state index contributed by atoms with van der Waals surface area (Å²) in [6, 6.07) is 9.82. The number of hydrazine groups is 1. The number of nitrogens with two attached hydrogens (primary N) is 1. The summed E-state index contributed by atoms with van der Waals surface area (Å²) in [6.45, 7) is 0. The molecule has 3 N–H and O–H groups in total. The van der Waals surface area contributed by atoms with Crippen LogP contribution in [0.1, 0.15) is 17.2 Å². The highest BCUT2D eigenvalue weighted by Crippen LogP contribution is 2.30. The topological polar surface area (TPSA) is 47.3 Å². The minimum Gasteiger partial charge on any atom is -0.496 e. The summed E-state index contributed by atoms with van der Waals surface area (Å²) >= 11 is 9.32. The van der Waals surface area contributed by atoms with Crippen molar-refractivity contribution in [1.82, 2.24) is 5.43 Å². The Morgan fingerprint density at radius 3 is 2.71 bits per heavy atom. The van der Waals surface area contributed by atoms with Crippen LogP contribution >= 0.6 is 27.5 Å². The largest absolute Gasteiger partial charge is 0.496 e. The Labute approximate surface area is 136 Å². The molecule has 112 valence electrons. The van der Waals surface area contributed by atoms with Crippen molar-refractivity contribution in [1.29, 1.82) is 0 Å². The summed E-state index contributed by atoms with van der Waals surface area (Å²) in [5.41, 5.74) is 4.37. The molecule has 21 heavy (non-hydrogen) atoms. The molecule has 2 rings (SSSR count). The predicted molar refractivity (Wildman–Crippen MR) is 85.9 cm³/mol. The maximum Gasteiger partial charge on any atom is 0.124 e. The summed E-state index contributed by atoms with van der Waals surface area (Å²) in [5, 5.41) is 0.589. The molecule has 1 atom stereocenters. The summed E-state index contributed by atoms with van der Waals surface area (Å²) in [5.74, 6) is 6.03. The monoisotopic (exact) mass is 372 g/mol. The van der Waals surface area contributed by atoms with E-state index in [9.17, 15) is 4.39 Å². The van der Waals surface area contributed by atoms with Crippen molar-refractivity contribution in [2.75, 3.05) is 7.11 Å². The first-order valence-corrected chi connectivity index (χ1v) is 7.45. The average molecular weight is 374 g/mol. The van der Waals surface area contributed by atoms with Gasteiger partial charge in [-0.25, -0.2) is 4.39 Å². The SMILES string of the molecule is COc1ccc(Cl)cc1C(Cc1cc(F)cc(Br)c1)NN. The van der Waals surface area contributed by atoms with E-state index in [0.29, 0.717) is 21.7 Å². The summed E-state index contributed by atoms with van der Waals surface area (Å²) in [4.78, 5) is 0. The van der Waals surface area contributed by atoms with Gasteiger partial charge in [-0.2, -0.15) is 0 Å². The number of nitrogens with one attached hydrogen (secondary N) is 1. The fraction of sp³-hybridized carbons (Fsp3) is 0.200. The first-order chi connectivity index (χ1) is 10.0. The molecule has 0 saturated heterocycles. The predicted octanol–water partition coefficient (Wildman–Crippen LogP) is 4.00. The number of methoxy groups -OCH3 is 1.